The number of benzene rings is 3. The highest BCUT2D eigenvalue weighted by Gasteiger charge is 2.20. The van der Waals surface area contributed by atoms with Crippen molar-refractivity contribution in [3.63, 3.8) is 0 Å². The molecular formula is C28H22Br2N4O. The number of nitrogens with zero attached hydrogens (tertiary/aromatic N) is 4. The predicted molar refractivity (Wildman–Crippen MR) is 147 cm³/mol. The third kappa shape index (κ3) is 4.11. The van der Waals surface area contributed by atoms with Gasteiger partial charge in [-0.05, 0) is 74.2 Å². The Morgan fingerprint density at radius 1 is 1.00 bits per heavy atom. The molecule has 0 unspecified atom stereocenters. The molecule has 174 valence electrons. The predicted octanol–water partition coefficient (Wildman–Crippen LogP) is 7.13. The van der Waals surface area contributed by atoms with Crippen molar-refractivity contribution in [2.75, 3.05) is 0 Å². The maximum atomic E-state index is 13.6. The molecule has 0 fully saturated rings. The second-order valence-corrected chi connectivity index (χ2v) is 9.96. The highest BCUT2D eigenvalue weighted by atomic mass is 79.9. The third-order valence-corrected chi connectivity index (χ3v) is 8.31. The van der Waals surface area contributed by atoms with Crippen LogP contribution in [-0.2, 0) is 13.0 Å². The number of rotatable bonds is 6. The van der Waals surface area contributed by atoms with Crippen LogP contribution < -0.4 is 5.56 Å². The van der Waals surface area contributed by atoms with Crippen molar-refractivity contribution in [2.24, 2.45) is 0 Å². The van der Waals surface area contributed by atoms with Crippen LogP contribution in [0.5, 0.6) is 0 Å². The van der Waals surface area contributed by atoms with Gasteiger partial charge in [-0.2, -0.15) is 5.26 Å². The first kappa shape index (κ1) is 23.5. The van der Waals surface area contributed by atoms with Crippen LogP contribution in [0.4, 0.5) is 0 Å². The van der Waals surface area contributed by atoms with E-state index in [9.17, 15) is 10.1 Å². The van der Waals surface area contributed by atoms with Gasteiger partial charge in [-0.15, -0.1) is 0 Å². The second-order valence-electron chi connectivity index (χ2n) is 8.42. The Morgan fingerprint density at radius 3 is 2.57 bits per heavy atom. The molecule has 0 spiro atoms. The number of hydrogen-bond donors (Lipinski definition) is 0. The number of aromatic nitrogens is 3. The summed E-state index contributed by atoms with van der Waals surface area (Å²) in [7, 11) is 0. The molecule has 5 rings (SSSR count). The zero-order valence-electron chi connectivity index (χ0n) is 19.1. The van der Waals surface area contributed by atoms with Gasteiger partial charge < -0.3 is 4.57 Å². The topological polar surface area (TPSA) is 63.6 Å². The Morgan fingerprint density at radius 2 is 1.77 bits per heavy atom. The third-order valence-electron chi connectivity index (χ3n) is 6.26. The smallest absolute Gasteiger partial charge is 0.261 e. The zero-order valence-corrected chi connectivity index (χ0v) is 22.3. The highest BCUT2D eigenvalue weighted by molar-refractivity contribution is 9.13. The second kappa shape index (κ2) is 9.80. The molecule has 0 amide bonds. The fraction of sp³-hybridized carbons (Fsp3) is 0.179. The zero-order chi connectivity index (χ0) is 24.5. The summed E-state index contributed by atoms with van der Waals surface area (Å²) in [5, 5.41) is 11.3. The maximum absolute atomic E-state index is 13.6. The number of fused-ring (bicyclic) bond motifs is 2. The summed E-state index contributed by atoms with van der Waals surface area (Å²) in [5.74, 6) is 0.803. The number of hydrogen-bond acceptors (Lipinski definition) is 3. The normalized spacial score (nSPS) is 11.3. The van der Waals surface area contributed by atoms with Gasteiger partial charge in [0.05, 0.1) is 38.7 Å². The van der Waals surface area contributed by atoms with E-state index in [0.29, 0.717) is 17.5 Å². The fourth-order valence-electron chi connectivity index (χ4n) is 4.54. The van der Waals surface area contributed by atoms with E-state index in [4.69, 9.17) is 4.98 Å². The monoisotopic (exact) mass is 588 g/mol. The van der Waals surface area contributed by atoms with Crippen molar-refractivity contribution in [3.05, 3.63) is 103 Å². The number of halogens is 2. The maximum Gasteiger partial charge on any atom is 0.261 e. The molecule has 0 atom stereocenters. The summed E-state index contributed by atoms with van der Waals surface area (Å²) in [6.45, 7) is 2.54. The van der Waals surface area contributed by atoms with Gasteiger partial charge in [0.15, 0.2) is 0 Å². The Hall–Kier alpha value is -3.21. The minimum atomic E-state index is -0.0249. The van der Waals surface area contributed by atoms with Crippen LogP contribution in [-0.4, -0.2) is 14.1 Å². The van der Waals surface area contributed by atoms with Gasteiger partial charge in [0, 0.05) is 11.8 Å². The number of aryl methyl sites for hydroxylation is 1. The van der Waals surface area contributed by atoms with E-state index >= 15 is 0 Å². The SMILES string of the molecule is CCCCc1nc2ccccc2c(=O)n1Cc1cccc2c1c(Br)c(Br)n2-c1ccccc1C#N. The van der Waals surface area contributed by atoms with Crippen LogP contribution in [0.15, 0.2) is 80.6 Å². The lowest BCUT2D eigenvalue weighted by Crippen LogP contribution is -2.26. The first-order chi connectivity index (χ1) is 17.0. The number of nitriles is 1. The molecule has 3 aromatic carbocycles. The average Bonchev–Trinajstić information content (AvgIpc) is 3.14. The quantitative estimate of drug-likeness (QED) is 0.212. The number of para-hydroxylation sites is 2. The van der Waals surface area contributed by atoms with Gasteiger partial charge in [0.2, 0.25) is 0 Å². The lowest BCUT2D eigenvalue weighted by atomic mass is 10.1. The molecule has 2 heterocycles. The van der Waals surface area contributed by atoms with Crippen molar-refractivity contribution >= 4 is 53.7 Å². The molecule has 0 aliphatic rings. The van der Waals surface area contributed by atoms with Crippen molar-refractivity contribution in [1.29, 1.82) is 5.26 Å². The van der Waals surface area contributed by atoms with Gasteiger partial charge in [-0.1, -0.05) is 49.7 Å². The van der Waals surface area contributed by atoms with E-state index in [2.05, 4.69) is 44.9 Å². The van der Waals surface area contributed by atoms with E-state index < -0.39 is 0 Å². The van der Waals surface area contributed by atoms with E-state index in [0.717, 1.165) is 61.8 Å². The van der Waals surface area contributed by atoms with Crippen LogP contribution in [0.2, 0.25) is 0 Å². The molecule has 0 radical (unpaired) electrons. The lowest BCUT2D eigenvalue weighted by molar-refractivity contribution is 0.648. The molecule has 0 saturated carbocycles. The van der Waals surface area contributed by atoms with Gasteiger partial charge in [-0.25, -0.2) is 4.98 Å². The van der Waals surface area contributed by atoms with Crippen LogP contribution in [0.1, 0.15) is 36.7 Å². The Balaban J connectivity index is 1.72. The van der Waals surface area contributed by atoms with Crippen molar-refractivity contribution in [2.45, 2.75) is 32.7 Å². The van der Waals surface area contributed by atoms with Crippen LogP contribution >= 0.6 is 31.9 Å². The standard InChI is InChI=1S/C28H22Br2N4O/c1-2-3-15-24-32-21-12-6-5-11-20(21)28(35)33(24)17-19-10-8-14-23-25(19)26(29)27(30)34(23)22-13-7-4-9-18(22)16-31/h4-14H,2-3,15,17H2,1H3. The van der Waals surface area contributed by atoms with E-state index in [1.165, 1.54) is 0 Å². The minimum Gasteiger partial charge on any atom is -0.301 e. The first-order valence-electron chi connectivity index (χ1n) is 11.5. The van der Waals surface area contributed by atoms with Crippen LogP contribution in [0, 0.1) is 11.3 Å². The molecule has 5 aromatic rings. The molecule has 0 N–H and O–H groups in total. The van der Waals surface area contributed by atoms with Gasteiger partial charge in [0.1, 0.15) is 16.5 Å². The van der Waals surface area contributed by atoms with E-state index in [-0.39, 0.29) is 5.56 Å². The largest absolute Gasteiger partial charge is 0.301 e. The molecule has 7 heteroatoms. The first-order valence-corrected chi connectivity index (χ1v) is 13.1. The molecule has 5 nitrogen and oxygen atoms in total. The van der Waals surface area contributed by atoms with Crippen molar-refractivity contribution in [3.8, 4) is 11.8 Å². The van der Waals surface area contributed by atoms with Gasteiger partial charge >= 0.3 is 0 Å². The minimum absolute atomic E-state index is 0.0249. The van der Waals surface area contributed by atoms with E-state index in [1.807, 2.05) is 75.9 Å². The molecule has 0 aliphatic heterocycles. The summed E-state index contributed by atoms with van der Waals surface area (Å²) >= 11 is 7.51. The summed E-state index contributed by atoms with van der Waals surface area (Å²) in [4.78, 5) is 18.4. The summed E-state index contributed by atoms with van der Waals surface area (Å²) in [5.41, 5.74) is 4.04. The summed E-state index contributed by atoms with van der Waals surface area (Å²) < 4.78 is 5.54. The Labute approximate surface area is 219 Å². The molecule has 0 aliphatic carbocycles. The van der Waals surface area contributed by atoms with Crippen LogP contribution in [0.3, 0.4) is 0 Å². The van der Waals surface area contributed by atoms with Crippen molar-refractivity contribution in [1.82, 2.24) is 14.1 Å². The molecular weight excluding hydrogens is 568 g/mol. The van der Waals surface area contributed by atoms with Gasteiger partial charge in [0.25, 0.3) is 5.56 Å². The highest BCUT2D eigenvalue weighted by Crippen LogP contribution is 2.39. The molecule has 35 heavy (non-hydrogen) atoms. The summed E-state index contributed by atoms with van der Waals surface area (Å²) in [6.07, 6.45) is 2.73. The lowest BCUT2D eigenvalue weighted by Gasteiger charge is -2.15. The molecule has 0 bridgehead atoms. The average molecular weight is 590 g/mol. The Bertz CT molecular complexity index is 1680. The number of unbranched alkanes of at least 4 members (excludes halogenated alkanes) is 1. The Kier molecular flexibility index (Phi) is 6.59. The van der Waals surface area contributed by atoms with Crippen LogP contribution in [0.25, 0.3) is 27.5 Å². The molecule has 0 saturated heterocycles. The van der Waals surface area contributed by atoms with Crippen molar-refractivity contribution < 1.29 is 0 Å². The summed E-state index contributed by atoms with van der Waals surface area (Å²) in [6, 6.07) is 23.4. The fourth-order valence-corrected chi connectivity index (χ4v) is 5.75. The molecule has 2 aromatic heterocycles. The van der Waals surface area contributed by atoms with E-state index in [1.54, 1.807) is 0 Å². The van der Waals surface area contributed by atoms with Gasteiger partial charge in [-0.3, -0.25) is 9.36 Å².